The normalized spacial score (nSPS) is 10.7. The van der Waals surface area contributed by atoms with Gasteiger partial charge in [0.25, 0.3) is 6.43 Å². The summed E-state index contributed by atoms with van der Waals surface area (Å²) in [5.41, 5.74) is 5.39. The second-order valence-corrected chi connectivity index (χ2v) is 3.07. The van der Waals surface area contributed by atoms with Crippen molar-refractivity contribution in [2.45, 2.75) is 19.8 Å². The summed E-state index contributed by atoms with van der Waals surface area (Å²) in [5.74, 6) is -1.10. The molecule has 0 fully saturated rings. The Hall–Kier alpha value is -1.72. The molecule has 0 radical (unpaired) electrons. The standard InChI is InChI=1S/C9H10F2N2O2/c1-4-5(2-7(14)15)6(8(10)11)3-13-9(4)12/h3,8H,2H2,1H3,(H2,12,13)(H,14,15). The SMILES string of the molecule is Cc1c(N)ncc(C(F)F)c1CC(=O)O. The number of pyridine rings is 1. The number of carboxylic acid groups (broad SMARTS) is 1. The minimum absolute atomic E-state index is 0.0463. The van der Waals surface area contributed by atoms with Gasteiger partial charge in [-0.2, -0.15) is 0 Å². The quantitative estimate of drug-likeness (QED) is 0.803. The van der Waals surface area contributed by atoms with Gasteiger partial charge in [-0.3, -0.25) is 4.79 Å². The van der Waals surface area contributed by atoms with E-state index in [0.29, 0.717) is 5.56 Å². The monoisotopic (exact) mass is 216 g/mol. The summed E-state index contributed by atoms with van der Waals surface area (Å²) < 4.78 is 25.0. The van der Waals surface area contributed by atoms with Gasteiger partial charge in [-0.1, -0.05) is 0 Å². The lowest BCUT2D eigenvalue weighted by molar-refractivity contribution is -0.136. The molecule has 1 aromatic heterocycles. The van der Waals surface area contributed by atoms with Gasteiger partial charge >= 0.3 is 5.97 Å². The highest BCUT2D eigenvalue weighted by molar-refractivity contribution is 5.72. The van der Waals surface area contributed by atoms with E-state index in [1.807, 2.05) is 0 Å². The molecule has 1 heterocycles. The number of carboxylic acids is 1. The predicted octanol–water partition coefficient (Wildman–Crippen LogP) is 1.54. The highest BCUT2D eigenvalue weighted by Crippen LogP contribution is 2.27. The Bertz CT molecular complexity index is 394. The van der Waals surface area contributed by atoms with E-state index in [1.165, 1.54) is 6.92 Å². The summed E-state index contributed by atoms with van der Waals surface area (Å²) in [7, 11) is 0. The fourth-order valence-electron chi connectivity index (χ4n) is 1.26. The Balaban J connectivity index is 3.28. The van der Waals surface area contributed by atoms with Crippen molar-refractivity contribution in [1.29, 1.82) is 0 Å². The van der Waals surface area contributed by atoms with Crippen molar-refractivity contribution < 1.29 is 18.7 Å². The average Bonchev–Trinajstić information content (AvgIpc) is 2.12. The number of hydrogen-bond donors (Lipinski definition) is 2. The zero-order valence-electron chi connectivity index (χ0n) is 8.00. The van der Waals surface area contributed by atoms with E-state index in [0.717, 1.165) is 6.20 Å². The highest BCUT2D eigenvalue weighted by Gasteiger charge is 2.19. The van der Waals surface area contributed by atoms with Gasteiger partial charge in [0, 0.05) is 11.8 Å². The van der Waals surface area contributed by atoms with Gasteiger partial charge in [-0.15, -0.1) is 0 Å². The third-order valence-electron chi connectivity index (χ3n) is 2.09. The minimum atomic E-state index is -2.74. The van der Waals surface area contributed by atoms with Crippen LogP contribution in [0.1, 0.15) is 23.1 Å². The number of alkyl halides is 2. The molecule has 4 nitrogen and oxygen atoms in total. The molecule has 6 heteroatoms. The molecule has 0 aliphatic heterocycles. The number of aromatic nitrogens is 1. The van der Waals surface area contributed by atoms with Gasteiger partial charge in [0.1, 0.15) is 5.82 Å². The molecule has 1 aromatic rings. The van der Waals surface area contributed by atoms with Crippen LogP contribution in [0.3, 0.4) is 0 Å². The number of hydrogen-bond acceptors (Lipinski definition) is 3. The molecule has 0 saturated carbocycles. The zero-order chi connectivity index (χ0) is 11.6. The van der Waals surface area contributed by atoms with Gasteiger partial charge < -0.3 is 10.8 Å². The number of nitrogens with two attached hydrogens (primary N) is 1. The molecule has 15 heavy (non-hydrogen) atoms. The van der Waals surface area contributed by atoms with E-state index in [4.69, 9.17) is 10.8 Å². The van der Waals surface area contributed by atoms with Crippen LogP contribution in [-0.2, 0) is 11.2 Å². The van der Waals surface area contributed by atoms with E-state index in [2.05, 4.69) is 4.98 Å². The summed E-state index contributed by atoms with van der Waals surface area (Å²) in [6.07, 6.45) is -2.30. The van der Waals surface area contributed by atoms with Gasteiger partial charge in [-0.05, 0) is 18.1 Å². The maximum Gasteiger partial charge on any atom is 0.307 e. The van der Waals surface area contributed by atoms with Crippen LogP contribution in [0, 0.1) is 6.92 Å². The first-order valence-corrected chi connectivity index (χ1v) is 4.17. The van der Waals surface area contributed by atoms with E-state index < -0.39 is 18.8 Å². The summed E-state index contributed by atoms with van der Waals surface area (Å²) in [6, 6.07) is 0. The molecule has 0 unspecified atom stereocenters. The van der Waals surface area contributed by atoms with E-state index >= 15 is 0 Å². The summed E-state index contributed by atoms with van der Waals surface area (Å²) >= 11 is 0. The number of rotatable bonds is 3. The van der Waals surface area contributed by atoms with E-state index in [-0.39, 0.29) is 16.9 Å². The van der Waals surface area contributed by atoms with Crippen molar-refractivity contribution in [2.24, 2.45) is 0 Å². The summed E-state index contributed by atoms with van der Waals surface area (Å²) in [5, 5.41) is 8.58. The van der Waals surface area contributed by atoms with Crippen molar-refractivity contribution in [3.63, 3.8) is 0 Å². The first kappa shape index (κ1) is 11.4. The molecule has 82 valence electrons. The number of carbonyl (C=O) groups is 1. The largest absolute Gasteiger partial charge is 0.481 e. The van der Waals surface area contributed by atoms with Crippen LogP contribution >= 0.6 is 0 Å². The Kier molecular flexibility index (Phi) is 3.18. The zero-order valence-corrected chi connectivity index (χ0v) is 8.00. The van der Waals surface area contributed by atoms with Gasteiger partial charge in [0.2, 0.25) is 0 Å². The maximum atomic E-state index is 12.5. The highest BCUT2D eigenvalue weighted by atomic mass is 19.3. The molecular weight excluding hydrogens is 206 g/mol. The van der Waals surface area contributed by atoms with Crippen molar-refractivity contribution >= 4 is 11.8 Å². The molecule has 0 saturated heterocycles. The summed E-state index contributed by atoms with van der Waals surface area (Å²) in [4.78, 5) is 14.1. The van der Waals surface area contributed by atoms with Gasteiger partial charge in [-0.25, -0.2) is 13.8 Å². The van der Waals surface area contributed by atoms with Crippen molar-refractivity contribution in [3.05, 3.63) is 22.9 Å². The first-order valence-electron chi connectivity index (χ1n) is 4.17. The lowest BCUT2D eigenvalue weighted by Gasteiger charge is -2.11. The van der Waals surface area contributed by atoms with Gasteiger partial charge in [0.05, 0.1) is 6.42 Å². The molecule has 3 N–H and O–H groups in total. The molecular formula is C9H10F2N2O2. The second-order valence-electron chi connectivity index (χ2n) is 3.07. The first-order chi connectivity index (χ1) is 6.93. The number of halogens is 2. The number of nitrogens with zero attached hydrogens (tertiary/aromatic N) is 1. The molecule has 1 rings (SSSR count). The van der Waals surface area contributed by atoms with E-state index in [1.54, 1.807) is 0 Å². The van der Waals surface area contributed by atoms with Crippen LogP contribution in [0.25, 0.3) is 0 Å². The molecule has 0 aliphatic rings. The molecule has 0 amide bonds. The lowest BCUT2D eigenvalue weighted by Crippen LogP contribution is -2.09. The van der Waals surface area contributed by atoms with Crippen LogP contribution in [0.4, 0.5) is 14.6 Å². The Morgan fingerprint density at radius 1 is 1.67 bits per heavy atom. The molecule has 0 aromatic carbocycles. The molecule has 0 atom stereocenters. The van der Waals surface area contributed by atoms with E-state index in [9.17, 15) is 13.6 Å². The van der Waals surface area contributed by atoms with Gasteiger partial charge in [0.15, 0.2) is 0 Å². The summed E-state index contributed by atoms with van der Waals surface area (Å²) in [6.45, 7) is 1.48. The van der Waals surface area contributed by atoms with Crippen molar-refractivity contribution in [1.82, 2.24) is 4.98 Å². The molecule has 0 aliphatic carbocycles. The topological polar surface area (TPSA) is 76.2 Å². The van der Waals surface area contributed by atoms with Crippen molar-refractivity contribution in [2.75, 3.05) is 5.73 Å². The number of aliphatic carboxylic acids is 1. The molecule has 0 bridgehead atoms. The maximum absolute atomic E-state index is 12.5. The Labute approximate surface area is 84.7 Å². The lowest BCUT2D eigenvalue weighted by atomic mass is 10.0. The van der Waals surface area contributed by atoms with Crippen LogP contribution in [0.15, 0.2) is 6.20 Å². The van der Waals surface area contributed by atoms with Crippen LogP contribution < -0.4 is 5.73 Å². The fourth-order valence-corrected chi connectivity index (χ4v) is 1.26. The average molecular weight is 216 g/mol. The van der Waals surface area contributed by atoms with Crippen LogP contribution in [0.5, 0.6) is 0 Å². The van der Waals surface area contributed by atoms with Crippen molar-refractivity contribution in [3.8, 4) is 0 Å². The Morgan fingerprint density at radius 3 is 2.73 bits per heavy atom. The number of nitrogen functional groups attached to an aromatic ring is 1. The smallest absolute Gasteiger partial charge is 0.307 e. The predicted molar refractivity (Wildman–Crippen MR) is 49.7 cm³/mol. The second kappa shape index (κ2) is 4.20. The Morgan fingerprint density at radius 2 is 2.27 bits per heavy atom. The third-order valence-corrected chi connectivity index (χ3v) is 2.09. The minimum Gasteiger partial charge on any atom is -0.481 e. The molecule has 0 spiro atoms. The third kappa shape index (κ3) is 2.39. The fraction of sp³-hybridized carbons (Fsp3) is 0.333. The van der Waals surface area contributed by atoms with Crippen LogP contribution in [-0.4, -0.2) is 16.1 Å². The van der Waals surface area contributed by atoms with Crippen LogP contribution in [0.2, 0.25) is 0 Å². The number of anilines is 1.